The van der Waals surface area contributed by atoms with Gasteiger partial charge in [0.05, 0.1) is 11.4 Å². The Labute approximate surface area is 214 Å². The molecule has 1 aromatic heterocycles. The molecule has 0 aromatic carbocycles. The van der Waals surface area contributed by atoms with Crippen molar-refractivity contribution in [3.63, 3.8) is 0 Å². The van der Waals surface area contributed by atoms with Crippen LogP contribution in [0.4, 0.5) is 0 Å². The van der Waals surface area contributed by atoms with E-state index in [1.165, 1.54) is 31.2 Å². The number of unbranched alkanes of at least 4 members (excludes halogenated alkanes) is 2. The Hall–Kier alpha value is -1.48. The van der Waals surface area contributed by atoms with Crippen LogP contribution >= 0.6 is 0 Å². The van der Waals surface area contributed by atoms with E-state index in [-0.39, 0.29) is 34.4 Å². The lowest BCUT2D eigenvalue weighted by molar-refractivity contribution is -0.123. The molecule has 1 heterocycles. The van der Waals surface area contributed by atoms with Crippen molar-refractivity contribution < 1.29 is 13.2 Å². The van der Waals surface area contributed by atoms with Crippen molar-refractivity contribution in [3.8, 4) is 0 Å². The van der Waals surface area contributed by atoms with Gasteiger partial charge in [0.1, 0.15) is 0 Å². The molecule has 1 aromatic rings. The molecule has 0 saturated carbocycles. The summed E-state index contributed by atoms with van der Waals surface area (Å²) in [5.74, 6) is -0.158. The second kappa shape index (κ2) is 13.2. The minimum Gasteiger partial charge on any atom is -0.355 e. The summed E-state index contributed by atoms with van der Waals surface area (Å²) in [5.41, 5.74) is 1.38. The maximum Gasteiger partial charge on any atom is 0.220 e. The SMILES string of the molecule is CN(C)S(=O)(=O)CCNC(=O)CC(C)(C)CCC(C)(C)CCCCCn1cc(CC(C)(C)C)nn1. The molecule has 1 N–H and O–H groups in total. The van der Waals surface area contributed by atoms with Gasteiger partial charge in [-0.3, -0.25) is 9.48 Å². The lowest BCUT2D eigenvalue weighted by atomic mass is 9.75. The quantitative estimate of drug-likeness (QED) is 0.324. The van der Waals surface area contributed by atoms with Gasteiger partial charge in [-0.2, -0.15) is 0 Å². The Morgan fingerprint density at radius 2 is 1.60 bits per heavy atom. The molecule has 0 fully saturated rings. The zero-order valence-corrected chi connectivity index (χ0v) is 24.6. The Morgan fingerprint density at radius 1 is 0.971 bits per heavy atom. The van der Waals surface area contributed by atoms with Crippen LogP contribution in [0, 0.1) is 16.2 Å². The first kappa shape index (κ1) is 31.5. The van der Waals surface area contributed by atoms with E-state index >= 15 is 0 Å². The van der Waals surface area contributed by atoms with Crippen molar-refractivity contribution in [2.75, 3.05) is 26.4 Å². The topological polar surface area (TPSA) is 97.2 Å². The van der Waals surface area contributed by atoms with E-state index in [1.54, 1.807) is 0 Å². The number of carbonyl (C=O) groups excluding carboxylic acids is 1. The molecular weight excluding hydrogens is 462 g/mol. The van der Waals surface area contributed by atoms with Crippen molar-refractivity contribution in [3.05, 3.63) is 11.9 Å². The number of nitrogens with one attached hydrogen (secondary N) is 1. The third kappa shape index (κ3) is 14.0. The van der Waals surface area contributed by atoms with Crippen molar-refractivity contribution in [1.82, 2.24) is 24.6 Å². The Morgan fingerprint density at radius 3 is 2.20 bits per heavy atom. The van der Waals surface area contributed by atoms with Crippen LogP contribution in [-0.2, 0) is 27.8 Å². The first-order valence-electron chi connectivity index (χ1n) is 13.0. The van der Waals surface area contributed by atoms with E-state index in [2.05, 4.69) is 70.3 Å². The highest BCUT2D eigenvalue weighted by atomic mass is 32.2. The van der Waals surface area contributed by atoms with Crippen molar-refractivity contribution in [1.29, 1.82) is 0 Å². The van der Waals surface area contributed by atoms with E-state index in [1.807, 2.05) is 4.68 Å². The fourth-order valence-corrected chi connectivity index (χ4v) is 4.74. The van der Waals surface area contributed by atoms with E-state index in [0.29, 0.717) is 6.42 Å². The predicted molar refractivity (Wildman–Crippen MR) is 144 cm³/mol. The van der Waals surface area contributed by atoms with Gasteiger partial charge in [0.25, 0.3) is 0 Å². The summed E-state index contributed by atoms with van der Waals surface area (Å²) in [7, 11) is -0.286. The number of hydrogen-bond acceptors (Lipinski definition) is 5. The van der Waals surface area contributed by atoms with E-state index in [9.17, 15) is 13.2 Å². The third-order valence-electron chi connectivity index (χ3n) is 6.39. The van der Waals surface area contributed by atoms with Gasteiger partial charge in [-0.25, -0.2) is 12.7 Å². The Balaban J connectivity index is 2.29. The fraction of sp³-hybridized carbons (Fsp3) is 0.885. The maximum atomic E-state index is 12.3. The van der Waals surface area contributed by atoms with Gasteiger partial charge in [-0.05, 0) is 48.3 Å². The second-order valence-corrected chi connectivity index (χ2v) is 15.3. The van der Waals surface area contributed by atoms with Crippen molar-refractivity contribution >= 4 is 15.9 Å². The molecule has 9 heteroatoms. The Bertz CT molecular complexity index is 883. The smallest absolute Gasteiger partial charge is 0.220 e. The summed E-state index contributed by atoms with van der Waals surface area (Å²) in [6.45, 7) is 16.6. The van der Waals surface area contributed by atoms with E-state index < -0.39 is 10.0 Å². The molecule has 1 rings (SSSR count). The molecule has 0 saturated heterocycles. The largest absolute Gasteiger partial charge is 0.355 e. The predicted octanol–water partition coefficient (Wildman–Crippen LogP) is 4.66. The lowest BCUT2D eigenvalue weighted by Gasteiger charge is -2.31. The summed E-state index contributed by atoms with van der Waals surface area (Å²) in [6.07, 6.45) is 10.0. The van der Waals surface area contributed by atoms with Crippen molar-refractivity contribution in [2.24, 2.45) is 16.2 Å². The molecule has 0 atom stereocenters. The van der Waals surface area contributed by atoms with Crippen molar-refractivity contribution in [2.45, 2.75) is 106 Å². The lowest BCUT2D eigenvalue weighted by Crippen LogP contribution is -2.35. The average molecular weight is 514 g/mol. The summed E-state index contributed by atoms with van der Waals surface area (Å²) in [6, 6.07) is 0. The van der Waals surface area contributed by atoms with Crippen LogP contribution < -0.4 is 5.32 Å². The van der Waals surface area contributed by atoms with Gasteiger partial charge < -0.3 is 5.32 Å². The molecule has 1 amide bonds. The highest BCUT2D eigenvalue weighted by Crippen LogP contribution is 2.36. The van der Waals surface area contributed by atoms with Gasteiger partial charge in [0, 0.05) is 39.8 Å². The fourth-order valence-electron chi connectivity index (χ4n) is 4.02. The zero-order chi connectivity index (χ0) is 26.9. The number of carbonyl (C=O) groups is 1. The number of nitrogens with zero attached hydrogens (tertiary/aromatic N) is 4. The molecule has 0 aliphatic carbocycles. The highest BCUT2D eigenvalue weighted by Gasteiger charge is 2.26. The normalized spacial score (nSPS) is 13.4. The molecular formula is C26H51N5O3S. The van der Waals surface area contributed by atoms with E-state index in [4.69, 9.17) is 0 Å². The number of rotatable bonds is 16. The van der Waals surface area contributed by atoms with Crippen LogP contribution in [-0.4, -0.2) is 60.0 Å². The summed E-state index contributed by atoms with van der Waals surface area (Å²) >= 11 is 0. The third-order valence-corrected chi connectivity index (χ3v) is 8.23. The molecule has 204 valence electrons. The van der Waals surface area contributed by atoms with Crippen LogP contribution in [0.25, 0.3) is 0 Å². The molecule has 0 radical (unpaired) electrons. The molecule has 8 nitrogen and oxygen atoms in total. The first-order valence-corrected chi connectivity index (χ1v) is 14.6. The second-order valence-electron chi connectivity index (χ2n) is 13.0. The van der Waals surface area contributed by atoms with Crippen LogP contribution in [0.3, 0.4) is 0 Å². The average Bonchev–Trinajstić information content (AvgIpc) is 3.11. The molecule has 0 unspecified atom stereocenters. The van der Waals surface area contributed by atoms with Crippen LogP contribution in [0.1, 0.15) is 99.1 Å². The van der Waals surface area contributed by atoms with E-state index in [0.717, 1.165) is 44.3 Å². The minimum absolute atomic E-state index is 0.0752. The molecule has 0 spiro atoms. The summed E-state index contributed by atoms with van der Waals surface area (Å²) in [5, 5.41) is 11.3. The van der Waals surface area contributed by atoms with Crippen LogP contribution in [0.15, 0.2) is 6.20 Å². The summed E-state index contributed by atoms with van der Waals surface area (Å²) < 4.78 is 26.8. The van der Waals surface area contributed by atoms with Crippen LogP contribution in [0.2, 0.25) is 0 Å². The molecule has 0 bridgehead atoms. The molecule has 0 aliphatic rings. The standard InChI is InChI=1S/C26H51N5O3S/c1-24(2,3)19-22-21-31(29-28-22)17-12-10-11-13-25(4,5)14-15-26(6,7)20-23(32)27-16-18-35(33,34)30(8)9/h21H,10-20H2,1-9H3,(H,27,32). The number of aromatic nitrogens is 3. The monoisotopic (exact) mass is 513 g/mol. The number of hydrogen-bond donors (Lipinski definition) is 1. The number of amides is 1. The first-order chi connectivity index (χ1) is 15.9. The van der Waals surface area contributed by atoms with Gasteiger partial charge >= 0.3 is 0 Å². The minimum atomic E-state index is -3.29. The van der Waals surface area contributed by atoms with Crippen LogP contribution in [0.5, 0.6) is 0 Å². The van der Waals surface area contributed by atoms with Gasteiger partial charge in [0.15, 0.2) is 0 Å². The molecule has 0 aliphatic heterocycles. The van der Waals surface area contributed by atoms with Gasteiger partial charge in [-0.15, -0.1) is 5.10 Å². The molecule has 35 heavy (non-hydrogen) atoms. The zero-order valence-electron chi connectivity index (χ0n) is 23.8. The Kier molecular flexibility index (Phi) is 11.9. The number of sulfonamides is 1. The van der Waals surface area contributed by atoms with Gasteiger partial charge in [-0.1, -0.05) is 66.5 Å². The number of aryl methyl sites for hydroxylation is 1. The van der Waals surface area contributed by atoms with Gasteiger partial charge in [0.2, 0.25) is 15.9 Å². The highest BCUT2D eigenvalue weighted by molar-refractivity contribution is 7.89. The summed E-state index contributed by atoms with van der Waals surface area (Å²) in [4.78, 5) is 12.3. The maximum absolute atomic E-state index is 12.3.